The average Bonchev–Trinajstić information content (AvgIpc) is 2.30. The lowest BCUT2D eigenvalue weighted by Gasteiger charge is -2.08. The maximum absolute atomic E-state index is 13.0. The molecule has 0 spiro atoms. The van der Waals surface area contributed by atoms with Gasteiger partial charge in [0.1, 0.15) is 17.5 Å². The van der Waals surface area contributed by atoms with Crippen molar-refractivity contribution in [3.8, 4) is 0 Å². The van der Waals surface area contributed by atoms with Crippen molar-refractivity contribution in [1.29, 1.82) is 0 Å². The minimum atomic E-state index is -0.266. The van der Waals surface area contributed by atoms with Crippen LogP contribution in [0.1, 0.15) is 6.92 Å². The van der Waals surface area contributed by atoms with Gasteiger partial charge in [0.05, 0.1) is 0 Å². The van der Waals surface area contributed by atoms with Gasteiger partial charge in [0.25, 0.3) is 0 Å². The Morgan fingerprint density at radius 1 is 1.12 bits per heavy atom. The summed E-state index contributed by atoms with van der Waals surface area (Å²) in [5.74, 6) is 1.22. The van der Waals surface area contributed by atoms with Crippen molar-refractivity contribution in [3.63, 3.8) is 0 Å². The molecule has 0 atom stereocenters. The molecule has 0 aliphatic heterocycles. The van der Waals surface area contributed by atoms with Gasteiger partial charge in [-0.15, -0.1) is 0 Å². The maximum atomic E-state index is 13.0. The van der Waals surface area contributed by atoms with Gasteiger partial charge in [-0.25, -0.2) is 9.37 Å². The third kappa shape index (κ3) is 3.17. The van der Waals surface area contributed by atoms with Crippen LogP contribution in [-0.2, 0) is 0 Å². The van der Waals surface area contributed by atoms with Crippen LogP contribution in [0.15, 0.2) is 42.5 Å². The summed E-state index contributed by atoms with van der Waals surface area (Å²) in [5, 5.41) is 6.17. The molecule has 0 bridgehead atoms. The molecule has 0 amide bonds. The number of benzene rings is 1. The lowest BCUT2D eigenvalue weighted by molar-refractivity contribution is 0.628. The first-order valence-electron chi connectivity index (χ1n) is 5.51. The predicted molar refractivity (Wildman–Crippen MR) is 68.1 cm³/mol. The molecule has 1 aromatic heterocycles. The second-order valence-corrected chi connectivity index (χ2v) is 3.57. The second-order valence-electron chi connectivity index (χ2n) is 3.57. The minimum absolute atomic E-state index is 0.266. The largest absolute Gasteiger partial charge is 0.370 e. The molecule has 0 radical (unpaired) electrons. The summed E-state index contributed by atoms with van der Waals surface area (Å²) in [6.07, 6.45) is 0. The van der Waals surface area contributed by atoms with E-state index in [-0.39, 0.29) is 5.82 Å². The van der Waals surface area contributed by atoms with Crippen LogP contribution in [0.3, 0.4) is 0 Å². The number of pyridine rings is 1. The first kappa shape index (κ1) is 11.4. The summed E-state index contributed by atoms with van der Waals surface area (Å²) in [6, 6.07) is 11.9. The fourth-order valence-corrected chi connectivity index (χ4v) is 1.50. The number of nitrogens with one attached hydrogen (secondary N) is 2. The first-order valence-corrected chi connectivity index (χ1v) is 5.51. The third-order valence-electron chi connectivity index (χ3n) is 2.20. The molecule has 88 valence electrons. The number of hydrogen-bond acceptors (Lipinski definition) is 3. The molecule has 17 heavy (non-hydrogen) atoms. The van der Waals surface area contributed by atoms with Gasteiger partial charge < -0.3 is 10.6 Å². The van der Waals surface area contributed by atoms with E-state index in [4.69, 9.17) is 0 Å². The van der Waals surface area contributed by atoms with Gasteiger partial charge in [0, 0.05) is 12.2 Å². The lowest BCUT2D eigenvalue weighted by Crippen LogP contribution is -2.01. The Morgan fingerprint density at radius 2 is 1.88 bits per heavy atom. The van der Waals surface area contributed by atoms with Crippen molar-refractivity contribution >= 4 is 17.3 Å². The Labute approximate surface area is 99.7 Å². The molecule has 0 unspecified atom stereocenters. The van der Waals surface area contributed by atoms with Crippen molar-refractivity contribution in [2.24, 2.45) is 0 Å². The molecule has 0 fully saturated rings. The smallest absolute Gasteiger partial charge is 0.132 e. The Hall–Kier alpha value is -2.10. The van der Waals surface area contributed by atoms with E-state index in [0.29, 0.717) is 11.5 Å². The van der Waals surface area contributed by atoms with Crippen molar-refractivity contribution in [3.05, 3.63) is 48.3 Å². The van der Waals surface area contributed by atoms with Crippen LogP contribution in [-0.4, -0.2) is 11.5 Å². The van der Waals surface area contributed by atoms with E-state index in [1.54, 1.807) is 12.1 Å². The van der Waals surface area contributed by atoms with Crippen molar-refractivity contribution < 1.29 is 4.39 Å². The van der Waals surface area contributed by atoms with Gasteiger partial charge >= 0.3 is 0 Å². The summed E-state index contributed by atoms with van der Waals surface area (Å²) in [4.78, 5) is 4.34. The van der Waals surface area contributed by atoms with Crippen LogP contribution in [0.2, 0.25) is 0 Å². The Kier molecular flexibility index (Phi) is 3.55. The zero-order valence-electron chi connectivity index (χ0n) is 9.57. The quantitative estimate of drug-likeness (QED) is 0.846. The second kappa shape index (κ2) is 5.30. The van der Waals surface area contributed by atoms with Gasteiger partial charge in [0.2, 0.25) is 0 Å². The van der Waals surface area contributed by atoms with Crippen LogP contribution in [0.4, 0.5) is 21.7 Å². The van der Waals surface area contributed by atoms with Crippen LogP contribution >= 0.6 is 0 Å². The molecule has 1 aromatic carbocycles. The SMILES string of the molecule is CCNc1cccc(Nc2cccc(F)c2)n1. The highest BCUT2D eigenvalue weighted by Crippen LogP contribution is 2.16. The number of hydrogen-bond donors (Lipinski definition) is 2. The molecule has 0 aliphatic rings. The maximum Gasteiger partial charge on any atom is 0.132 e. The molecule has 0 saturated heterocycles. The topological polar surface area (TPSA) is 37.0 Å². The number of nitrogens with zero attached hydrogens (tertiary/aromatic N) is 1. The molecule has 0 aliphatic carbocycles. The van der Waals surface area contributed by atoms with Gasteiger partial charge in [-0.1, -0.05) is 12.1 Å². The van der Waals surface area contributed by atoms with Gasteiger partial charge in [-0.05, 0) is 37.3 Å². The number of aromatic nitrogens is 1. The van der Waals surface area contributed by atoms with E-state index < -0.39 is 0 Å². The molecule has 4 heteroatoms. The summed E-state index contributed by atoms with van der Waals surface area (Å²) >= 11 is 0. The van der Waals surface area contributed by atoms with Gasteiger partial charge in [-0.3, -0.25) is 0 Å². The molecule has 2 N–H and O–H groups in total. The van der Waals surface area contributed by atoms with Crippen LogP contribution in [0.25, 0.3) is 0 Å². The Morgan fingerprint density at radius 3 is 2.65 bits per heavy atom. The Balaban J connectivity index is 2.15. The summed E-state index contributed by atoms with van der Waals surface area (Å²) < 4.78 is 13.0. The van der Waals surface area contributed by atoms with Crippen molar-refractivity contribution in [2.45, 2.75) is 6.92 Å². The number of rotatable bonds is 4. The van der Waals surface area contributed by atoms with E-state index in [1.807, 2.05) is 25.1 Å². The fraction of sp³-hybridized carbons (Fsp3) is 0.154. The van der Waals surface area contributed by atoms with E-state index in [9.17, 15) is 4.39 Å². The van der Waals surface area contributed by atoms with Crippen LogP contribution in [0.5, 0.6) is 0 Å². The number of anilines is 3. The van der Waals surface area contributed by atoms with E-state index in [1.165, 1.54) is 12.1 Å². The molecule has 2 aromatic rings. The molecular formula is C13H14FN3. The molecule has 0 saturated carbocycles. The highest BCUT2D eigenvalue weighted by atomic mass is 19.1. The number of halogens is 1. The minimum Gasteiger partial charge on any atom is -0.370 e. The zero-order valence-corrected chi connectivity index (χ0v) is 9.57. The summed E-state index contributed by atoms with van der Waals surface area (Å²) in [5.41, 5.74) is 0.686. The Bertz CT molecular complexity index is 500. The fourth-order valence-electron chi connectivity index (χ4n) is 1.50. The lowest BCUT2D eigenvalue weighted by atomic mass is 10.3. The van der Waals surface area contributed by atoms with Crippen LogP contribution < -0.4 is 10.6 Å². The molecular weight excluding hydrogens is 217 g/mol. The predicted octanol–water partition coefficient (Wildman–Crippen LogP) is 3.40. The normalized spacial score (nSPS) is 10.0. The third-order valence-corrected chi connectivity index (χ3v) is 2.20. The van der Waals surface area contributed by atoms with Crippen molar-refractivity contribution in [2.75, 3.05) is 17.2 Å². The summed E-state index contributed by atoms with van der Waals surface area (Å²) in [7, 11) is 0. The molecule has 1 heterocycles. The molecule has 2 rings (SSSR count). The van der Waals surface area contributed by atoms with E-state index in [2.05, 4.69) is 15.6 Å². The monoisotopic (exact) mass is 231 g/mol. The average molecular weight is 231 g/mol. The van der Waals surface area contributed by atoms with Gasteiger partial charge in [-0.2, -0.15) is 0 Å². The highest BCUT2D eigenvalue weighted by Gasteiger charge is 1.98. The van der Waals surface area contributed by atoms with Gasteiger partial charge in [0.15, 0.2) is 0 Å². The highest BCUT2D eigenvalue weighted by molar-refractivity contribution is 5.57. The van der Waals surface area contributed by atoms with E-state index >= 15 is 0 Å². The molecule has 3 nitrogen and oxygen atoms in total. The van der Waals surface area contributed by atoms with Crippen LogP contribution in [0, 0.1) is 5.82 Å². The van der Waals surface area contributed by atoms with E-state index in [0.717, 1.165) is 12.4 Å². The zero-order chi connectivity index (χ0) is 12.1. The standard InChI is InChI=1S/C13H14FN3/c1-2-15-12-7-4-8-13(17-12)16-11-6-3-5-10(14)9-11/h3-9H,2H2,1H3,(H2,15,16,17). The first-order chi connectivity index (χ1) is 8.28. The van der Waals surface area contributed by atoms with Crippen molar-refractivity contribution in [1.82, 2.24) is 4.98 Å². The summed E-state index contributed by atoms with van der Waals surface area (Å²) in [6.45, 7) is 2.82.